The van der Waals surface area contributed by atoms with Crippen LogP contribution in [0.1, 0.15) is 2.74 Å². The summed E-state index contributed by atoms with van der Waals surface area (Å²) < 4.78 is 18.1. The molecule has 1 aliphatic rings. The summed E-state index contributed by atoms with van der Waals surface area (Å²) >= 11 is 0. The first kappa shape index (κ1) is 7.19. The van der Waals surface area contributed by atoms with Gasteiger partial charge in [0.2, 0.25) is 5.79 Å². The lowest BCUT2D eigenvalue weighted by molar-refractivity contribution is -0.248. The van der Waals surface area contributed by atoms with Gasteiger partial charge in [-0.05, 0) is 0 Å². The Bertz CT molecular complexity index is 219. The highest BCUT2D eigenvalue weighted by Crippen LogP contribution is 2.28. The summed E-state index contributed by atoms with van der Waals surface area (Å²) in [5.41, 5.74) is 0. The van der Waals surface area contributed by atoms with Crippen LogP contribution in [-0.2, 0) is 4.74 Å². The van der Waals surface area contributed by atoms with Gasteiger partial charge in [0.25, 0.3) is 0 Å². The molecule has 1 fully saturated rings. The Balaban J connectivity index is 2.93. The molecule has 6 heteroatoms. The quantitative estimate of drug-likeness (QED) is 0.307. The lowest BCUT2D eigenvalue weighted by Crippen LogP contribution is -2.46. The molecule has 1 saturated heterocycles. The summed E-state index contributed by atoms with van der Waals surface area (Å²) in [7, 11) is 0. The van der Waals surface area contributed by atoms with E-state index in [1.165, 1.54) is 0 Å². The Hall–Kier alpha value is -0.240. The van der Waals surface area contributed by atoms with Crippen LogP contribution in [0, 0.1) is 0 Å². The summed E-state index contributed by atoms with van der Waals surface area (Å²) in [5, 5.41) is 45.3. The van der Waals surface area contributed by atoms with Gasteiger partial charge in [0.15, 0.2) is 0 Å². The second kappa shape index (κ2) is 3.25. The maximum absolute atomic E-state index is 9.40. The van der Waals surface area contributed by atoms with Crippen LogP contribution in [0.5, 0.6) is 0 Å². The lowest BCUT2D eigenvalue weighted by Gasteiger charge is -2.22. The Morgan fingerprint density at radius 2 is 2.00 bits per heavy atom. The van der Waals surface area contributed by atoms with Crippen LogP contribution in [0.3, 0.4) is 0 Å². The summed E-state index contributed by atoms with van der Waals surface area (Å²) in [5.74, 6) is -2.93. The molecule has 0 saturated carbocycles. The van der Waals surface area contributed by atoms with Crippen molar-refractivity contribution in [1.29, 1.82) is 0 Å². The number of ether oxygens (including phenoxy) is 1. The summed E-state index contributed by atoms with van der Waals surface area (Å²) in [6, 6.07) is 0. The van der Waals surface area contributed by atoms with Crippen molar-refractivity contribution in [3.05, 3.63) is 0 Å². The maximum Gasteiger partial charge on any atom is 0.219 e. The van der Waals surface area contributed by atoms with E-state index in [2.05, 4.69) is 4.74 Å². The Morgan fingerprint density at radius 3 is 2.25 bits per heavy atom. The summed E-state index contributed by atoms with van der Waals surface area (Å²) in [6.07, 6.45) is -5.02. The fourth-order valence-corrected chi connectivity index (χ4v) is 1.04. The van der Waals surface area contributed by atoms with Gasteiger partial charge in [-0.2, -0.15) is 0 Å². The highest BCUT2D eigenvalue weighted by atomic mass is 16.7. The second-order valence-electron chi connectivity index (χ2n) is 2.58. The molecule has 0 bridgehead atoms. The molecule has 0 radical (unpaired) electrons. The van der Waals surface area contributed by atoms with Gasteiger partial charge in [-0.15, -0.1) is 0 Å². The van der Waals surface area contributed by atoms with E-state index in [0.717, 1.165) is 0 Å². The molecule has 6 nitrogen and oxygen atoms in total. The molecule has 12 heavy (non-hydrogen) atoms. The molecule has 0 aliphatic carbocycles. The first-order valence-electron chi connectivity index (χ1n) is 4.33. The monoisotopic (exact) mass is 182 g/mol. The fourth-order valence-electron chi connectivity index (χ4n) is 1.04. The van der Waals surface area contributed by atoms with E-state index in [9.17, 15) is 15.3 Å². The van der Waals surface area contributed by atoms with Gasteiger partial charge in [-0.3, -0.25) is 0 Å². The van der Waals surface area contributed by atoms with E-state index in [-0.39, 0.29) is 0 Å². The number of aliphatic hydroxyl groups excluding tert-OH is 3. The summed E-state index contributed by atoms with van der Waals surface area (Å²) in [6.45, 7) is -3.95. The Kier molecular flexibility index (Phi) is 1.95. The molecule has 72 valence electrons. The molecule has 1 aliphatic heterocycles. The third-order valence-corrected chi connectivity index (χ3v) is 1.78. The lowest BCUT2D eigenvalue weighted by atomic mass is 10.1. The van der Waals surface area contributed by atoms with Crippen LogP contribution in [0.2, 0.25) is 0 Å². The van der Waals surface area contributed by atoms with Crippen molar-refractivity contribution in [3.8, 4) is 0 Å². The molecule has 5 N–H and O–H groups in total. The van der Waals surface area contributed by atoms with Crippen molar-refractivity contribution in [2.24, 2.45) is 0 Å². The Morgan fingerprint density at radius 1 is 1.42 bits per heavy atom. The average Bonchev–Trinajstić information content (AvgIpc) is 2.29. The standard InChI is InChI=1S/C6H12O6/c7-1-3-4(9)5(10)6(11,2-8)12-3/h3-5,7-11H,1-2H2/t3-,4-,5+,6-/m1/s1/i2D2. The molecule has 0 aromatic carbocycles. The molecular weight excluding hydrogens is 168 g/mol. The zero-order valence-corrected chi connectivity index (χ0v) is 6.08. The molecule has 0 spiro atoms. The van der Waals surface area contributed by atoms with Crippen LogP contribution < -0.4 is 0 Å². The topological polar surface area (TPSA) is 110 Å². The van der Waals surface area contributed by atoms with Gasteiger partial charge >= 0.3 is 0 Å². The van der Waals surface area contributed by atoms with E-state index in [1.54, 1.807) is 0 Å². The van der Waals surface area contributed by atoms with Gasteiger partial charge in [0.1, 0.15) is 18.3 Å². The van der Waals surface area contributed by atoms with Gasteiger partial charge in [0.05, 0.1) is 15.9 Å². The van der Waals surface area contributed by atoms with Crippen LogP contribution in [0.4, 0.5) is 0 Å². The number of hydrogen-bond acceptors (Lipinski definition) is 6. The molecule has 0 aromatic heterocycles. The third-order valence-electron chi connectivity index (χ3n) is 1.78. The van der Waals surface area contributed by atoms with E-state index in [4.69, 9.17) is 13.0 Å². The smallest absolute Gasteiger partial charge is 0.219 e. The van der Waals surface area contributed by atoms with Gasteiger partial charge < -0.3 is 30.3 Å². The van der Waals surface area contributed by atoms with Crippen LogP contribution in [0.15, 0.2) is 0 Å². The first-order chi connectivity index (χ1) is 6.24. The van der Waals surface area contributed by atoms with Crippen molar-refractivity contribution < 1.29 is 33.0 Å². The number of rotatable bonds is 2. The van der Waals surface area contributed by atoms with E-state index in [1.807, 2.05) is 0 Å². The largest absolute Gasteiger partial charge is 0.394 e. The molecule has 0 aromatic rings. The van der Waals surface area contributed by atoms with Gasteiger partial charge in [-0.1, -0.05) is 0 Å². The van der Waals surface area contributed by atoms with Gasteiger partial charge in [0, 0.05) is 0 Å². The molecular formula is C6H12O6. The average molecular weight is 182 g/mol. The van der Waals surface area contributed by atoms with Crippen molar-refractivity contribution >= 4 is 0 Å². The molecule has 0 unspecified atom stereocenters. The predicted molar refractivity (Wildman–Crippen MR) is 36.0 cm³/mol. The van der Waals surface area contributed by atoms with Gasteiger partial charge in [-0.25, -0.2) is 0 Å². The molecule has 1 heterocycles. The zero-order valence-electron chi connectivity index (χ0n) is 8.08. The minimum atomic E-state index is -3.24. The van der Waals surface area contributed by atoms with Crippen molar-refractivity contribution in [2.45, 2.75) is 24.1 Å². The minimum absolute atomic E-state index is 0.712. The molecule has 4 atom stereocenters. The summed E-state index contributed by atoms with van der Waals surface area (Å²) in [4.78, 5) is 0. The highest BCUT2D eigenvalue weighted by Gasteiger charge is 2.52. The SMILES string of the molecule is [2H]C([2H])(O)[C@@]1(O)O[C@H](CO)[C@@H](O)[C@@H]1O. The van der Waals surface area contributed by atoms with E-state index >= 15 is 0 Å². The van der Waals surface area contributed by atoms with E-state index in [0.29, 0.717) is 0 Å². The fraction of sp³-hybridized carbons (Fsp3) is 1.00. The van der Waals surface area contributed by atoms with Crippen LogP contribution in [-0.4, -0.2) is 62.8 Å². The highest BCUT2D eigenvalue weighted by molar-refractivity contribution is 4.94. The normalized spacial score (nSPS) is 51.9. The molecule has 0 amide bonds. The van der Waals surface area contributed by atoms with Crippen LogP contribution in [0.25, 0.3) is 0 Å². The minimum Gasteiger partial charge on any atom is -0.394 e. The zero-order chi connectivity index (χ0) is 11.1. The second-order valence-corrected chi connectivity index (χ2v) is 2.58. The van der Waals surface area contributed by atoms with Crippen LogP contribution >= 0.6 is 0 Å². The van der Waals surface area contributed by atoms with Crippen molar-refractivity contribution in [1.82, 2.24) is 0 Å². The Labute approximate surface area is 71.5 Å². The van der Waals surface area contributed by atoms with Crippen molar-refractivity contribution in [3.63, 3.8) is 0 Å². The third kappa shape index (κ3) is 1.33. The first-order valence-corrected chi connectivity index (χ1v) is 3.33. The number of hydrogen-bond donors (Lipinski definition) is 5. The van der Waals surface area contributed by atoms with Crippen molar-refractivity contribution in [2.75, 3.05) is 13.2 Å². The maximum atomic E-state index is 9.40. The number of aliphatic hydroxyl groups is 5. The predicted octanol–water partition coefficient (Wildman–Crippen LogP) is -3.22. The van der Waals surface area contributed by atoms with E-state index < -0.39 is 37.3 Å². The molecule has 1 rings (SSSR count).